The average molecular weight is 241 g/mol. The van der Waals surface area contributed by atoms with Crippen molar-refractivity contribution in [3.05, 3.63) is 0 Å². The van der Waals surface area contributed by atoms with Crippen LogP contribution >= 0.6 is 0 Å². The van der Waals surface area contributed by atoms with Gasteiger partial charge in [0.05, 0.1) is 19.1 Å². The number of hydrogen-bond donors (Lipinski definition) is 0. The summed E-state index contributed by atoms with van der Waals surface area (Å²) in [6.07, 6.45) is 2.67. The average Bonchev–Trinajstić information content (AvgIpc) is 2.47. The molecule has 1 atom stereocenters. The van der Waals surface area contributed by atoms with Crippen LogP contribution in [-0.2, 0) is 14.3 Å². The molecule has 0 bridgehead atoms. The molecular weight excluding hydrogens is 222 g/mol. The minimum absolute atomic E-state index is 0.211. The van der Waals surface area contributed by atoms with Crippen molar-refractivity contribution in [1.82, 2.24) is 4.90 Å². The Hall–Kier alpha value is -1.26. The Morgan fingerprint density at radius 1 is 1.47 bits per heavy atom. The first-order valence-corrected chi connectivity index (χ1v) is 6.00. The number of esters is 1. The SMILES string of the molecule is COC(=O)CC12CCCCN1C(=O)OC2(C)C. The number of rotatable bonds is 2. The topological polar surface area (TPSA) is 55.8 Å². The maximum absolute atomic E-state index is 11.9. The molecule has 0 spiro atoms. The molecule has 0 N–H and O–H groups in total. The van der Waals surface area contributed by atoms with Crippen molar-refractivity contribution in [2.75, 3.05) is 13.7 Å². The van der Waals surface area contributed by atoms with Gasteiger partial charge in [-0.05, 0) is 33.1 Å². The first kappa shape index (κ1) is 12.2. The molecule has 5 nitrogen and oxygen atoms in total. The summed E-state index contributed by atoms with van der Waals surface area (Å²) in [5.41, 5.74) is -1.17. The summed E-state index contributed by atoms with van der Waals surface area (Å²) < 4.78 is 10.2. The van der Waals surface area contributed by atoms with Crippen molar-refractivity contribution in [1.29, 1.82) is 0 Å². The summed E-state index contributed by atoms with van der Waals surface area (Å²) in [6.45, 7) is 4.41. The van der Waals surface area contributed by atoms with Crippen molar-refractivity contribution in [3.63, 3.8) is 0 Å². The fourth-order valence-corrected chi connectivity index (χ4v) is 3.00. The molecule has 0 saturated carbocycles. The Morgan fingerprint density at radius 2 is 2.18 bits per heavy atom. The first-order chi connectivity index (χ1) is 7.93. The van der Waals surface area contributed by atoms with Crippen LogP contribution in [0.3, 0.4) is 0 Å². The summed E-state index contributed by atoms with van der Waals surface area (Å²) in [5.74, 6) is -0.289. The molecule has 0 aromatic carbocycles. The molecule has 0 aliphatic carbocycles. The monoisotopic (exact) mass is 241 g/mol. The van der Waals surface area contributed by atoms with Gasteiger partial charge in [0.25, 0.3) is 0 Å². The van der Waals surface area contributed by atoms with E-state index in [-0.39, 0.29) is 18.5 Å². The van der Waals surface area contributed by atoms with Gasteiger partial charge in [-0.2, -0.15) is 0 Å². The third-order valence-electron chi connectivity index (χ3n) is 4.09. The van der Waals surface area contributed by atoms with Gasteiger partial charge in [-0.3, -0.25) is 9.69 Å². The zero-order valence-electron chi connectivity index (χ0n) is 10.6. The van der Waals surface area contributed by atoms with E-state index in [4.69, 9.17) is 9.47 Å². The maximum atomic E-state index is 11.9. The van der Waals surface area contributed by atoms with Crippen LogP contribution in [-0.4, -0.2) is 41.8 Å². The number of carbonyl (C=O) groups excluding carboxylic acids is 2. The molecule has 2 saturated heterocycles. The van der Waals surface area contributed by atoms with E-state index in [1.54, 1.807) is 4.90 Å². The Morgan fingerprint density at radius 3 is 2.82 bits per heavy atom. The summed E-state index contributed by atoms with van der Waals surface area (Å²) in [6, 6.07) is 0. The lowest BCUT2D eigenvalue weighted by molar-refractivity contribution is -0.146. The molecule has 2 heterocycles. The van der Waals surface area contributed by atoms with Crippen LogP contribution in [0, 0.1) is 0 Å². The highest BCUT2D eigenvalue weighted by molar-refractivity contribution is 5.77. The van der Waals surface area contributed by atoms with Crippen LogP contribution in [0.5, 0.6) is 0 Å². The number of amides is 1. The Bertz CT molecular complexity index is 352. The highest BCUT2D eigenvalue weighted by Gasteiger charge is 2.61. The molecule has 0 aromatic rings. The number of piperidine rings is 1. The molecule has 2 aliphatic heterocycles. The first-order valence-electron chi connectivity index (χ1n) is 6.00. The third kappa shape index (κ3) is 1.68. The standard InChI is InChI=1S/C12H19NO4/c1-11(2)12(8-9(14)16-3)6-4-5-7-13(12)10(15)17-11/h4-8H2,1-3H3. The summed E-state index contributed by atoms with van der Waals surface area (Å²) in [5, 5.41) is 0. The highest BCUT2D eigenvalue weighted by Crippen LogP contribution is 2.47. The largest absolute Gasteiger partial charge is 0.469 e. The normalized spacial score (nSPS) is 30.8. The van der Waals surface area contributed by atoms with Crippen LogP contribution in [0.25, 0.3) is 0 Å². The van der Waals surface area contributed by atoms with Crippen molar-refractivity contribution < 1.29 is 19.1 Å². The molecule has 1 unspecified atom stereocenters. The van der Waals surface area contributed by atoms with E-state index >= 15 is 0 Å². The third-order valence-corrected chi connectivity index (χ3v) is 4.09. The lowest BCUT2D eigenvalue weighted by Crippen LogP contribution is -2.59. The number of ether oxygens (including phenoxy) is 2. The number of hydrogen-bond acceptors (Lipinski definition) is 4. The van der Waals surface area contributed by atoms with Gasteiger partial charge in [0.2, 0.25) is 0 Å². The van der Waals surface area contributed by atoms with Gasteiger partial charge in [0.15, 0.2) is 0 Å². The van der Waals surface area contributed by atoms with E-state index in [9.17, 15) is 9.59 Å². The number of nitrogens with zero attached hydrogens (tertiary/aromatic N) is 1. The molecule has 5 heteroatoms. The van der Waals surface area contributed by atoms with Gasteiger partial charge in [-0.1, -0.05) is 0 Å². The Balaban J connectivity index is 2.35. The van der Waals surface area contributed by atoms with Crippen molar-refractivity contribution in [2.45, 2.75) is 50.7 Å². The molecule has 1 amide bonds. The van der Waals surface area contributed by atoms with Gasteiger partial charge >= 0.3 is 12.1 Å². The second-order valence-corrected chi connectivity index (χ2v) is 5.27. The fourth-order valence-electron chi connectivity index (χ4n) is 3.00. The highest BCUT2D eigenvalue weighted by atomic mass is 16.6. The molecule has 0 radical (unpaired) electrons. The van der Waals surface area contributed by atoms with E-state index < -0.39 is 11.1 Å². The second-order valence-electron chi connectivity index (χ2n) is 5.27. The fraction of sp³-hybridized carbons (Fsp3) is 0.833. The number of carbonyl (C=O) groups is 2. The van der Waals surface area contributed by atoms with E-state index in [1.165, 1.54) is 7.11 Å². The van der Waals surface area contributed by atoms with Crippen molar-refractivity contribution in [2.24, 2.45) is 0 Å². The Labute approximate surface area is 101 Å². The Kier molecular flexibility index (Phi) is 2.79. The second kappa shape index (κ2) is 3.89. The van der Waals surface area contributed by atoms with E-state index in [0.29, 0.717) is 6.54 Å². The van der Waals surface area contributed by atoms with Crippen LogP contribution < -0.4 is 0 Å². The quantitative estimate of drug-likeness (QED) is 0.690. The molecule has 96 valence electrons. The number of methoxy groups -OCH3 is 1. The molecule has 17 heavy (non-hydrogen) atoms. The van der Waals surface area contributed by atoms with Gasteiger partial charge in [0.1, 0.15) is 5.60 Å². The van der Waals surface area contributed by atoms with Crippen molar-refractivity contribution in [3.8, 4) is 0 Å². The van der Waals surface area contributed by atoms with E-state index in [2.05, 4.69) is 0 Å². The van der Waals surface area contributed by atoms with Gasteiger partial charge < -0.3 is 9.47 Å². The summed E-state index contributed by atoms with van der Waals surface area (Å²) >= 11 is 0. The smallest absolute Gasteiger partial charge is 0.411 e. The van der Waals surface area contributed by atoms with Gasteiger partial charge in [0, 0.05) is 6.54 Å². The van der Waals surface area contributed by atoms with Gasteiger partial charge in [-0.15, -0.1) is 0 Å². The summed E-state index contributed by atoms with van der Waals surface area (Å²) in [4.78, 5) is 25.2. The number of cyclic esters (lactones) is 1. The maximum Gasteiger partial charge on any atom is 0.411 e. The predicted octanol–water partition coefficient (Wildman–Crippen LogP) is 1.70. The summed E-state index contributed by atoms with van der Waals surface area (Å²) in [7, 11) is 1.37. The lowest BCUT2D eigenvalue weighted by Gasteiger charge is -2.45. The zero-order chi connectivity index (χ0) is 12.7. The predicted molar refractivity (Wildman–Crippen MR) is 60.5 cm³/mol. The van der Waals surface area contributed by atoms with Crippen molar-refractivity contribution >= 4 is 12.1 Å². The molecule has 2 rings (SSSR count). The zero-order valence-corrected chi connectivity index (χ0v) is 10.6. The van der Waals surface area contributed by atoms with Crippen LogP contribution in [0.4, 0.5) is 4.79 Å². The molecule has 0 aromatic heterocycles. The van der Waals surface area contributed by atoms with E-state index in [0.717, 1.165) is 19.3 Å². The number of fused-ring (bicyclic) bond motifs is 1. The molecular formula is C12H19NO4. The molecule has 2 fully saturated rings. The van der Waals surface area contributed by atoms with Crippen LogP contribution in [0.15, 0.2) is 0 Å². The molecule has 2 aliphatic rings. The van der Waals surface area contributed by atoms with Crippen LogP contribution in [0.2, 0.25) is 0 Å². The minimum atomic E-state index is -0.640. The minimum Gasteiger partial charge on any atom is -0.469 e. The van der Waals surface area contributed by atoms with E-state index in [1.807, 2.05) is 13.8 Å². The van der Waals surface area contributed by atoms with Crippen LogP contribution in [0.1, 0.15) is 39.5 Å². The lowest BCUT2D eigenvalue weighted by atomic mass is 9.73. The van der Waals surface area contributed by atoms with Gasteiger partial charge in [-0.25, -0.2) is 4.79 Å².